The number of nitrogens with one attached hydrogen (secondary N) is 1. The average molecular weight is 290 g/mol. The normalized spacial score (nSPS) is 12.2. The summed E-state index contributed by atoms with van der Waals surface area (Å²) in [5.74, 6) is 0.296. The van der Waals surface area contributed by atoms with E-state index in [9.17, 15) is 4.79 Å². The van der Waals surface area contributed by atoms with Crippen molar-refractivity contribution < 1.29 is 9.32 Å². The van der Waals surface area contributed by atoms with Gasteiger partial charge in [-0.15, -0.1) is 11.8 Å². The number of thioether (sulfide) groups is 1. The molecule has 1 N–H and O–H groups in total. The highest BCUT2D eigenvalue weighted by Gasteiger charge is 2.16. The van der Waals surface area contributed by atoms with Gasteiger partial charge in [-0.25, -0.2) is 0 Å². The predicted molar refractivity (Wildman–Crippen MR) is 81.1 cm³/mol. The average Bonchev–Trinajstić information content (AvgIpc) is 2.79. The van der Waals surface area contributed by atoms with Crippen LogP contribution >= 0.6 is 11.8 Å². The first-order chi connectivity index (χ1) is 9.45. The van der Waals surface area contributed by atoms with E-state index in [4.69, 9.17) is 4.52 Å². The van der Waals surface area contributed by atoms with E-state index in [-0.39, 0.29) is 11.2 Å². The number of aryl methyl sites for hydroxylation is 3. The first-order valence-electron chi connectivity index (χ1n) is 6.44. The molecule has 1 unspecified atom stereocenters. The van der Waals surface area contributed by atoms with Crippen molar-refractivity contribution in [1.82, 2.24) is 5.16 Å². The van der Waals surface area contributed by atoms with Gasteiger partial charge in [0.1, 0.15) is 0 Å². The number of rotatable bonds is 4. The van der Waals surface area contributed by atoms with Crippen molar-refractivity contribution in [1.29, 1.82) is 0 Å². The third kappa shape index (κ3) is 3.63. The standard InChI is InChI=1S/C15H18N2O2S/c1-9-5-6-13(7-10(9)2)20-12(4)15(18)16-14-8-11(3)17-19-14/h5-8,12H,1-4H3,(H,16,18). The molecule has 5 heteroatoms. The molecule has 1 heterocycles. The number of amides is 1. The Hall–Kier alpha value is -1.75. The van der Waals surface area contributed by atoms with Crippen LogP contribution in [0.4, 0.5) is 5.88 Å². The van der Waals surface area contributed by atoms with E-state index in [0.717, 1.165) is 10.6 Å². The molecule has 4 nitrogen and oxygen atoms in total. The Morgan fingerprint density at radius 3 is 2.60 bits per heavy atom. The van der Waals surface area contributed by atoms with Crippen molar-refractivity contribution in [2.24, 2.45) is 0 Å². The zero-order valence-corrected chi connectivity index (χ0v) is 12.9. The molecule has 1 aromatic heterocycles. The van der Waals surface area contributed by atoms with Crippen molar-refractivity contribution in [3.8, 4) is 0 Å². The van der Waals surface area contributed by atoms with Gasteiger partial charge in [0, 0.05) is 11.0 Å². The minimum Gasteiger partial charge on any atom is -0.338 e. The van der Waals surface area contributed by atoms with Crippen molar-refractivity contribution >= 4 is 23.6 Å². The number of nitrogens with zero attached hydrogens (tertiary/aromatic N) is 1. The van der Waals surface area contributed by atoms with Crippen molar-refractivity contribution in [2.45, 2.75) is 37.8 Å². The van der Waals surface area contributed by atoms with E-state index >= 15 is 0 Å². The van der Waals surface area contributed by atoms with Crippen molar-refractivity contribution in [3.05, 3.63) is 41.1 Å². The first-order valence-corrected chi connectivity index (χ1v) is 7.32. The van der Waals surface area contributed by atoms with Crippen molar-refractivity contribution in [3.63, 3.8) is 0 Å². The highest BCUT2D eigenvalue weighted by Crippen LogP contribution is 2.26. The molecular weight excluding hydrogens is 272 g/mol. The summed E-state index contributed by atoms with van der Waals surface area (Å²) in [6.07, 6.45) is 0. The Morgan fingerprint density at radius 1 is 1.25 bits per heavy atom. The summed E-state index contributed by atoms with van der Waals surface area (Å²) in [6.45, 7) is 7.83. The number of benzene rings is 1. The van der Waals surface area contributed by atoms with Gasteiger partial charge in [-0.05, 0) is 51.0 Å². The number of carbonyl (C=O) groups excluding carboxylic acids is 1. The Bertz CT molecular complexity index is 622. The quantitative estimate of drug-likeness (QED) is 0.872. The van der Waals surface area contributed by atoms with Crippen LogP contribution in [0.3, 0.4) is 0 Å². The molecule has 0 spiro atoms. The highest BCUT2D eigenvalue weighted by atomic mass is 32.2. The maximum atomic E-state index is 12.1. The Labute approximate surface area is 122 Å². The third-order valence-corrected chi connectivity index (χ3v) is 4.13. The first kappa shape index (κ1) is 14.7. The fraction of sp³-hybridized carbons (Fsp3) is 0.333. The summed E-state index contributed by atoms with van der Waals surface area (Å²) >= 11 is 1.53. The van der Waals surface area contributed by atoms with Crippen LogP contribution in [0, 0.1) is 20.8 Å². The second-order valence-corrected chi connectivity index (χ2v) is 6.24. The topological polar surface area (TPSA) is 55.1 Å². The molecule has 0 fully saturated rings. The molecule has 1 amide bonds. The van der Waals surface area contributed by atoms with E-state index in [2.05, 4.69) is 36.5 Å². The van der Waals surface area contributed by atoms with Crippen LogP contribution in [0.15, 0.2) is 33.7 Å². The SMILES string of the molecule is Cc1cc(NC(=O)C(C)Sc2ccc(C)c(C)c2)on1. The monoisotopic (exact) mass is 290 g/mol. The van der Waals surface area contributed by atoms with Gasteiger partial charge in [0.05, 0.1) is 10.9 Å². The molecule has 0 aliphatic rings. The van der Waals surface area contributed by atoms with Crippen molar-refractivity contribution in [2.75, 3.05) is 5.32 Å². The minimum atomic E-state index is -0.206. The zero-order chi connectivity index (χ0) is 14.7. The predicted octanol–water partition coefficient (Wildman–Crippen LogP) is 3.72. The van der Waals surface area contributed by atoms with Gasteiger partial charge < -0.3 is 4.52 Å². The summed E-state index contributed by atoms with van der Waals surface area (Å²) in [6, 6.07) is 7.91. The van der Waals surface area contributed by atoms with Crippen LogP contribution in [0.25, 0.3) is 0 Å². The smallest absolute Gasteiger partial charge is 0.239 e. The van der Waals surface area contributed by atoms with E-state index in [1.807, 2.05) is 19.9 Å². The molecule has 0 bridgehead atoms. The molecule has 1 aromatic carbocycles. The Morgan fingerprint density at radius 2 is 2.00 bits per heavy atom. The fourth-order valence-electron chi connectivity index (χ4n) is 1.69. The van der Waals surface area contributed by atoms with Gasteiger partial charge in [0.25, 0.3) is 0 Å². The van der Waals surface area contributed by atoms with Gasteiger partial charge >= 0.3 is 0 Å². The van der Waals surface area contributed by atoms with Gasteiger partial charge in [0.2, 0.25) is 11.8 Å². The molecule has 0 aliphatic carbocycles. The lowest BCUT2D eigenvalue weighted by molar-refractivity contribution is -0.115. The van der Waals surface area contributed by atoms with Crippen LogP contribution in [0.2, 0.25) is 0 Å². The summed E-state index contributed by atoms with van der Waals surface area (Å²) in [5.41, 5.74) is 3.23. The molecule has 2 rings (SSSR count). The van der Waals surface area contributed by atoms with Crippen LogP contribution in [0.5, 0.6) is 0 Å². The van der Waals surface area contributed by atoms with Crippen LogP contribution in [-0.4, -0.2) is 16.3 Å². The summed E-state index contributed by atoms with van der Waals surface area (Å²) in [5, 5.41) is 6.25. The molecule has 0 saturated heterocycles. The number of carbonyl (C=O) groups is 1. The van der Waals surface area contributed by atoms with Gasteiger partial charge in [0.15, 0.2) is 0 Å². The minimum absolute atomic E-state index is 0.0932. The summed E-state index contributed by atoms with van der Waals surface area (Å²) in [7, 11) is 0. The maximum Gasteiger partial charge on any atom is 0.239 e. The van der Waals surface area contributed by atoms with E-state index < -0.39 is 0 Å². The molecule has 20 heavy (non-hydrogen) atoms. The van der Waals surface area contributed by atoms with Crippen LogP contribution < -0.4 is 5.32 Å². The van der Waals surface area contributed by atoms with Crippen LogP contribution in [0.1, 0.15) is 23.7 Å². The Balaban J connectivity index is 1.98. The zero-order valence-electron chi connectivity index (χ0n) is 12.1. The number of hydrogen-bond acceptors (Lipinski definition) is 4. The largest absolute Gasteiger partial charge is 0.338 e. The Kier molecular flexibility index (Phi) is 4.49. The van der Waals surface area contributed by atoms with Gasteiger partial charge in [-0.2, -0.15) is 0 Å². The molecule has 2 aromatic rings. The lowest BCUT2D eigenvalue weighted by Gasteiger charge is -2.11. The number of hydrogen-bond donors (Lipinski definition) is 1. The lowest BCUT2D eigenvalue weighted by atomic mass is 10.1. The van der Waals surface area contributed by atoms with Gasteiger partial charge in [-0.3, -0.25) is 10.1 Å². The maximum absolute atomic E-state index is 12.1. The lowest BCUT2D eigenvalue weighted by Crippen LogP contribution is -2.22. The second kappa shape index (κ2) is 6.13. The fourth-order valence-corrected chi connectivity index (χ4v) is 2.66. The molecule has 106 valence electrons. The summed E-state index contributed by atoms with van der Waals surface area (Å²) in [4.78, 5) is 13.1. The van der Waals surface area contributed by atoms with Gasteiger partial charge in [-0.1, -0.05) is 11.2 Å². The third-order valence-electron chi connectivity index (χ3n) is 3.03. The second-order valence-electron chi connectivity index (χ2n) is 4.83. The number of aromatic nitrogens is 1. The molecule has 0 saturated carbocycles. The molecular formula is C15H18N2O2S. The van der Waals surface area contributed by atoms with E-state index in [1.165, 1.54) is 22.9 Å². The summed E-state index contributed by atoms with van der Waals surface area (Å²) < 4.78 is 4.98. The van der Waals surface area contributed by atoms with Crippen LogP contribution in [-0.2, 0) is 4.79 Å². The number of anilines is 1. The highest BCUT2D eigenvalue weighted by molar-refractivity contribution is 8.00. The molecule has 1 atom stereocenters. The molecule has 0 radical (unpaired) electrons. The van der Waals surface area contributed by atoms with E-state index in [0.29, 0.717) is 5.88 Å². The van der Waals surface area contributed by atoms with E-state index in [1.54, 1.807) is 6.07 Å². The molecule has 0 aliphatic heterocycles.